The monoisotopic (exact) mass is 296 g/mol. The van der Waals surface area contributed by atoms with Crippen LogP contribution in [0.1, 0.15) is 5.56 Å². The Kier molecular flexibility index (Phi) is 6.04. The quantitative estimate of drug-likeness (QED) is 0.712. The number of nitrogens with one attached hydrogen (secondary N) is 1. The van der Waals surface area contributed by atoms with Gasteiger partial charge in [-0.15, -0.1) is 0 Å². The molecule has 0 unspecified atom stereocenters. The summed E-state index contributed by atoms with van der Waals surface area (Å²) < 4.78 is 56.8. The highest BCUT2D eigenvalue weighted by atomic mass is 19.3. The SMILES string of the molecule is NC(=O)CNCc1ccc(OC(F)F)cc1OC(F)F. The summed E-state index contributed by atoms with van der Waals surface area (Å²) in [6, 6.07) is 3.36. The zero-order chi connectivity index (χ0) is 15.1. The van der Waals surface area contributed by atoms with Crippen molar-refractivity contribution in [2.24, 2.45) is 5.73 Å². The highest BCUT2D eigenvalue weighted by Crippen LogP contribution is 2.27. The van der Waals surface area contributed by atoms with Crippen molar-refractivity contribution < 1.29 is 31.8 Å². The van der Waals surface area contributed by atoms with Gasteiger partial charge in [-0.25, -0.2) is 0 Å². The maximum Gasteiger partial charge on any atom is 0.387 e. The minimum absolute atomic E-state index is 0.0000477. The summed E-state index contributed by atoms with van der Waals surface area (Å²) >= 11 is 0. The smallest absolute Gasteiger partial charge is 0.387 e. The van der Waals surface area contributed by atoms with E-state index in [9.17, 15) is 22.4 Å². The van der Waals surface area contributed by atoms with Crippen molar-refractivity contribution in [2.75, 3.05) is 6.54 Å². The molecule has 0 fully saturated rings. The van der Waals surface area contributed by atoms with Crippen LogP contribution < -0.4 is 20.5 Å². The van der Waals surface area contributed by atoms with Crippen LogP contribution in [-0.2, 0) is 11.3 Å². The minimum Gasteiger partial charge on any atom is -0.435 e. The lowest BCUT2D eigenvalue weighted by Crippen LogP contribution is -2.28. The van der Waals surface area contributed by atoms with E-state index in [0.29, 0.717) is 0 Å². The van der Waals surface area contributed by atoms with Crippen LogP contribution in [0.2, 0.25) is 0 Å². The second-order valence-electron chi connectivity index (χ2n) is 3.60. The normalized spacial score (nSPS) is 10.9. The molecule has 9 heteroatoms. The molecule has 0 saturated carbocycles. The van der Waals surface area contributed by atoms with Gasteiger partial charge in [0.25, 0.3) is 0 Å². The Balaban J connectivity index is 2.82. The van der Waals surface area contributed by atoms with Gasteiger partial charge in [-0.2, -0.15) is 17.6 Å². The Morgan fingerprint density at radius 1 is 1.20 bits per heavy atom. The minimum atomic E-state index is -3.12. The number of benzene rings is 1. The molecule has 0 radical (unpaired) electrons. The molecule has 1 aromatic rings. The van der Waals surface area contributed by atoms with Crippen molar-refractivity contribution >= 4 is 5.91 Å². The van der Waals surface area contributed by atoms with Crippen LogP contribution in [0.15, 0.2) is 18.2 Å². The largest absolute Gasteiger partial charge is 0.435 e. The van der Waals surface area contributed by atoms with Crippen LogP contribution in [0.4, 0.5) is 17.6 Å². The number of hydrogen-bond donors (Lipinski definition) is 2. The van der Waals surface area contributed by atoms with Gasteiger partial charge in [-0.3, -0.25) is 4.79 Å². The molecular weight excluding hydrogens is 284 g/mol. The number of hydrogen-bond acceptors (Lipinski definition) is 4. The van der Waals surface area contributed by atoms with Gasteiger partial charge in [0.2, 0.25) is 5.91 Å². The van der Waals surface area contributed by atoms with E-state index < -0.39 is 19.1 Å². The molecule has 5 nitrogen and oxygen atoms in total. The summed E-state index contributed by atoms with van der Waals surface area (Å²) in [5.74, 6) is -1.26. The summed E-state index contributed by atoms with van der Waals surface area (Å²) in [4.78, 5) is 10.5. The van der Waals surface area contributed by atoms with E-state index in [1.807, 2.05) is 0 Å². The number of carbonyl (C=O) groups is 1. The van der Waals surface area contributed by atoms with Gasteiger partial charge < -0.3 is 20.5 Å². The number of amides is 1. The van der Waals surface area contributed by atoms with Crippen LogP contribution >= 0.6 is 0 Å². The van der Waals surface area contributed by atoms with Crippen LogP contribution in [0.3, 0.4) is 0 Å². The molecule has 0 aliphatic carbocycles. The summed E-state index contributed by atoms with van der Waals surface area (Å²) in [6.07, 6.45) is 0. The lowest BCUT2D eigenvalue weighted by molar-refractivity contribution is -0.117. The standard InChI is InChI=1S/C11H12F4N2O3/c12-10(13)19-7-2-1-6(4-17-5-9(16)18)8(3-7)20-11(14)15/h1-3,10-11,17H,4-5H2,(H2,16,18). The fourth-order valence-electron chi connectivity index (χ4n) is 1.38. The van der Waals surface area contributed by atoms with E-state index in [2.05, 4.69) is 14.8 Å². The van der Waals surface area contributed by atoms with E-state index in [1.165, 1.54) is 12.1 Å². The number of primary amides is 1. The summed E-state index contributed by atoms with van der Waals surface area (Å²) in [5.41, 5.74) is 5.14. The fourth-order valence-corrected chi connectivity index (χ4v) is 1.38. The number of rotatable bonds is 8. The van der Waals surface area contributed by atoms with Gasteiger partial charge in [0.1, 0.15) is 11.5 Å². The first kappa shape index (κ1) is 16.0. The summed E-state index contributed by atoms with van der Waals surface area (Å²) in [6.45, 7) is -6.36. The number of halogens is 4. The molecule has 1 rings (SSSR count). The molecule has 0 saturated heterocycles. The zero-order valence-corrected chi connectivity index (χ0v) is 10.1. The van der Waals surface area contributed by atoms with Gasteiger partial charge in [0, 0.05) is 18.2 Å². The van der Waals surface area contributed by atoms with Gasteiger partial charge in [-0.1, -0.05) is 6.07 Å². The van der Waals surface area contributed by atoms with E-state index in [0.717, 1.165) is 6.07 Å². The summed E-state index contributed by atoms with van der Waals surface area (Å²) in [7, 11) is 0. The van der Waals surface area contributed by atoms with Crippen molar-refractivity contribution in [2.45, 2.75) is 19.8 Å². The third kappa shape index (κ3) is 5.74. The molecule has 112 valence electrons. The Morgan fingerprint density at radius 2 is 1.85 bits per heavy atom. The first-order valence-corrected chi connectivity index (χ1v) is 5.40. The van der Waals surface area contributed by atoms with E-state index in [4.69, 9.17) is 5.73 Å². The molecule has 1 amide bonds. The van der Waals surface area contributed by atoms with Gasteiger partial charge >= 0.3 is 13.2 Å². The molecule has 20 heavy (non-hydrogen) atoms. The number of alkyl halides is 4. The molecule has 0 aliphatic heterocycles. The lowest BCUT2D eigenvalue weighted by atomic mass is 10.2. The van der Waals surface area contributed by atoms with Crippen molar-refractivity contribution in [3.8, 4) is 11.5 Å². The molecular formula is C11H12F4N2O3. The van der Waals surface area contributed by atoms with Gasteiger partial charge in [0.15, 0.2) is 0 Å². The topological polar surface area (TPSA) is 73.6 Å². The Morgan fingerprint density at radius 3 is 2.40 bits per heavy atom. The molecule has 0 aliphatic rings. The van der Waals surface area contributed by atoms with Crippen molar-refractivity contribution in [1.29, 1.82) is 0 Å². The molecule has 1 aromatic carbocycles. The van der Waals surface area contributed by atoms with Crippen LogP contribution in [0, 0.1) is 0 Å². The molecule has 0 bridgehead atoms. The third-order valence-corrected chi connectivity index (χ3v) is 2.09. The van der Waals surface area contributed by atoms with E-state index in [1.54, 1.807) is 0 Å². The van der Waals surface area contributed by atoms with Crippen LogP contribution in [0.25, 0.3) is 0 Å². The Bertz CT molecular complexity index is 457. The third-order valence-electron chi connectivity index (χ3n) is 2.09. The van der Waals surface area contributed by atoms with E-state index in [-0.39, 0.29) is 30.2 Å². The maximum absolute atomic E-state index is 12.2. The average Bonchev–Trinajstić information content (AvgIpc) is 2.29. The number of nitrogens with two attached hydrogens (primary N) is 1. The first-order valence-electron chi connectivity index (χ1n) is 5.40. The fraction of sp³-hybridized carbons (Fsp3) is 0.364. The Labute approximate surface area is 111 Å². The second kappa shape index (κ2) is 7.53. The predicted octanol–water partition coefficient (Wildman–Crippen LogP) is 1.46. The molecule has 0 heterocycles. The van der Waals surface area contributed by atoms with Crippen molar-refractivity contribution in [3.05, 3.63) is 23.8 Å². The highest BCUT2D eigenvalue weighted by molar-refractivity contribution is 5.75. The maximum atomic E-state index is 12.2. The molecule has 0 spiro atoms. The van der Waals surface area contributed by atoms with Crippen molar-refractivity contribution in [1.82, 2.24) is 5.32 Å². The van der Waals surface area contributed by atoms with Crippen molar-refractivity contribution in [3.63, 3.8) is 0 Å². The van der Waals surface area contributed by atoms with Crippen LogP contribution in [0.5, 0.6) is 11.5 Å². The lowest BCUT2D eigenvalue weighted by Gasteiger charge is -2.13. The summed E-state index contributed by atoms with van der Waals surface area (Å²) in [5, 5.41) is 2.59. The highest BCUT2D eigenvalue weighted by Gasteiger charge is 2.13. The number of carbonyl (C=O) groups excluding carboxylic acids is 1. The molecule has 3 N–H and O–H groups in total. The Hall–Kier alpha value is -2.03. The van der Waals surface area contributed by atoms with Crippen LogP contribution in [-0.4, -0.2) is 25.7 Å². The zero-order valence-electron chi connectivity index (χ0n) is 10.1. The van der Waals surface area contributed by atoms with Gasteiger partial charge in [0.05, 0.1) is 6.54 Å². The average molecular weight is 296 g/mol. The number of ether oxygens (including phenoxy) is 2. The first-order chi connectivity index (χ1) is 9.38. The molecule has 0 aromatic heterocycles. The van der Waals surface area contributed by atoms with Gasteiger partial charge in [-0.05, 0) is 6.07 Å². The molecule has 0 atom stereocenters. The van der Waals surface area contributed by atoms with E-state index >= 15 is 0 Å². The predicted molar refractivity (Wildman–Crippen MR) is 60.6 cm³/mol. The second-order valence-corrected chi connectivity index (χ2v) is 3.60.